The molecule has 1 amide bonds. The predicted molar refractivity (Wildman–Crippen MR) is 214 cm³/mol. The molecule has 9 rings (SSSR count). The van der Waals surface area contributed by atoms with E-state index in [-0.39, 0.29) is 62.7 Å². The highest BCUT2D eigenvalue weighted by atomic mass is 35.5. The summed E-state index contributed by atoms with van der Waals surface area (Å²) in [6.07, 6.45) is -3.41. The minimum Gasteiger partial charge on any atom is -0.478 e. The molecule has 3 atom stereocenters. The van der Waals surface area contributed by atoms with E-state index in [0.29, 0.717) is 21.3 Å². The molecule has 3 aliphatic rings. The van der Waals surface area contributed by atoms with E-state index in [0.717, 1.165) is 42.2 Å². The molecule has 64 heavy (non-hydrogen) atoms. The molecule has 0 unspecified atom stereocenters. The number of benzene rings is 2. The third kappa shape index (κ3) is 8.22. The smallest absolute Gasteiger partial charge is 0.293 e. The third-order valence-corrected chi connectivity index (χ3v) is 12.2. The number of pyridine rings is 1. The molecule has 4 heterocycles. The number of carbonyl (C=O) groups excluding carboxylic acids is 1. The van der Waals surface area contributed by atoms with E-state index >= 15 is 8.78 Å². The molecule has 2 fully saturated rings. The number of nitrogens with one attached hydrogen (secondary N) is 2. The molecule has 338 valence electrons. The van der Waals surface area contributed by atoms with Crippen LogP contribution in [-0.4, -0.2) is 67.7 Å². The summed E-state index contributed by atoms with van der Waals surface area (Å²) in [6.45, 7) is -1.96. The first-order chi connectivity index (χ1) is 30.3. The van der Waals surface area contributed by atoms with Gasteiger partial charge in [-0.2, -0.15) is 24.0 Å². The Morgan fingerprint density at radius 3 is 2.42 bits per heavy atom. The maximum atomic E-state index is 15.5. The summed E-state index contributed by atoms with van der Waals surface area (Å²) < 4.78 is 152. The Kier molecular flexibility index (Phi) is 10.9. The second kappa shape index (κ2) is 16.0. The first kappa shape index (κ1) is 43.4. The van der Waals surface area contributed by atoms with Gasteiger partial charge in [0.25, 0.3) is 24.3 Å². The number of anilines is 1. The molecule has 0 bridgehead atoms. The highest BCUT2D eigenvalue weighted by Crippen LogP contribution is 2.68. The SMILES string of the molecule is CS(=O)(=O)Nc1nn(CC(F)F)c2c(-n3c([C@H](Cc4cc(F)cc(F)c4)NC(=O)Cn4nc(C(F)F)c5c4C(F)(F)[C@@H]4C[C@H]54)nc4nc(OCCC5CC5)ccc4c3=O)ccc(Cl)c12. The molecule has 24 heteroatoms. The lowest BCUT2D eigenvalue weighted by atomic mass is 10.0. The number of fused-ring (bicyclic) bond motifs is 5. The number of alkyl halides is 6. The van der Waals surface area contributed by atoms with Crippen LogP contribution in [0.25, 0.3) is 27.6 Å². The van der Waals surface area contributed by atoms with E-state index in [2.05, 4.69) is 30.2 Å². The van der Waals surface area contributed by atoms with Crippen LogP contribution in [0.4, 0.5) is 40.9 Å². The van der Waals surface area contributed by atoms with Crippen LogP contribution in [-0.2, 0) is 40.3 Å². The molecular weight excluding hydrogens is 906 g/mol. The zero-order valence-electron chi connectivity index (χ0n) is 33.1. The molecule has 0 aliphatic heterocycles. The number of aromatic nitrogens is 7. The van der Waals surface area contributed by atoms with Crippen LogP contribution >= 0.6 is 11.6 Å². The summed E-state index contributed by atoms with van der Waals surface area (Å²) >= 11 is 6.56. The number of hydrogen-bond acceptors (Lipinski definition) is 9. The first-order valence-corrected chi connectivity index (χ1v) is 22.1. The molecule has 0 spiro atoms. The van der Waals surface area contributed by atoms with E-state index in [1.807, 2.05) is 0 Å². The maximum Gasteiger partial charge on any atom is 0.293 e. The standard InChI is InChI=1S/C40H34ClF8N9O5S/c1-64(61,62)55-37-31-24(41)5-6-26(33(31)56(54-37)15-27(44)45)58-38(52-36-21(39(58)60)4-7-29(51-36)63-9-8-17-2-3-17)25(12-18-10-19(42)13-20(43)11-18)50-28(59)16-57-34-30(32(53-57)35(46)47)22-14-23(22)40(34,48)49/h4-7,10-11,13,17,22-23,25,27,35H,2-3,8-9,12,14-16H2,1H3,(H,50,59)(H,54,55)/t22-,23+,25-/m0/s1. The average Bonchev–Trinajstić information content (AvgIpc) is 4.10. The quantitative estimate of drug-likeness (QED) is 0.0946. The highest BCUT2D eigenvalue weighted by Gasteiger charge is 2.67. The minimum atomic E-state index is -4.12. The zero-order chi connectivity index (χ0) is 45.6. The summed E-state index contributed by atoms with van der Waals surface area (Å²) in [4.78, 5) is 38.1. The number of rotatable bonds is 16. The normalized spacial score (nSPS) is 18.2. The molecule has 2 saturated carbocycles. The molecule has 0 saturated heterocycles. The molecule has 6 aromatic rings. The van der Waals surface area contributed by atoms with Gasteiger partial charge in [-0.05, 0) is 60.6 Å². The number of ether oxygens (including phenoxy) is 1. The van der Waals surface area contributed by atoms with Crippen LogP contribution in [0.2, 0.25) is 5.02 Å². The van der Waals surface area contributed by atoms with Crippen molar-refractivity contribution in [2.75, 3.05) is 17.6 Å². The lowest BCUT2D eigenvalue weighted by molar-refractivity contribution is -0.123. The molecule has 14 nitrogen and oxygen atoms in total. The number of halogens is 9. The first-order valence-electron chi connectivity index (χ1n) is 19.8. The van der Waals surface area contributed by atoms with Crippen molar-refractivity contribution in [3.63, 3.8) is 0 Å². The predicted octanol–water partition coefficient (Wildman–Crippen LogP) is 7.32. The molecule has 2 N–H and O–H groups in total. The van der Waals surface area contributed by atoms with E-state index < -0.39 is 112 Å². The Bertz CT molecular complexity index is 3030. The Morgan fingerprint density at radius 2 is 1.75 bits per heavy atom. The Labute approximate surface area is 361 Å². The average molecular weight is 940 g/mol. The minimum absolute atomic E-state index is 0.0401. The van der Waals surface area contributed by atoms with Crippen molar-refractivity contribution in [1.82, 2.24) is 39.4 Å². The topological polar surface area (TPSA) is 168 Å². The van der Waals surface area contributed by atoms with Crippen molar-refractivity contribution in [2.45, 2.75) is 75.9 Å². The summed E-state index contributed by atoms with van der Waals surface area (Å²) in [6, 6.07) is 5.80. The number of amides is 1. The van der Waals surface area contributed by atoms with Gasteiger partial charge in [-0.15, -0.1) is 0 Å². The van der Waals surface area contributed by atoms with E-state index in [1.54, 1.807) is 0 Å². The lowest BCUT2D eigenvalue weighted by Gasteiger charge is -2.24. The fourth-order valence-corrected chi connectivity index (χ4v) is 9.16. The van der Waals surface area contributed by atoms with Gasteiger partial charge in [-0.25, -0.2) is 39.7 Å². The lowest BCUT2D eigenvalue weighted by Crippen LogP contribution is -2.38. The third-order valence-electron chi connectivity index (χ3n) is 11.3. The van der Waals surface area contributed by atoms with Crippen LogP contribution in [0.3, 0.4) is 0 Å². The van der Waals surface area contributed by atoms with Gasteiger partial charge in [-0.1, -0.05) is 24.4 Å². The van der Waals surface area contributed by atoms with Crippen LogP contribution in [0.15, 0.2) is 47.3 Å². The highest BCUT2D eigenvalue weighted by molar-refractivity contribution is 7.92. The Balaban J connectivity index is 1.24. The van der Waals surface area contributed by atoms with Gasteiger partial charge >= 0.3 is 0 Å². The van der Waals surface area contributed by atoms with Crippen molar-refractivity contribution in [2.24, 2.45) is 11.8 Å². The molecule has 0 radical (unpaired) electrons. The molecule has 3 aliphatic carbocycles. The number of carbonyl (C=O) groups is 1. The van der Waals surface area contributed by atoms with Crippen LogP contribution in [0.5, 0.6) is 5.88 Å². The van der Waals surface area contributed by atoms with Crippen LogP contribution in [0.1, 0.15) is 72.4 Å². The molecular formula is C40H34ClF8N9O5S. The molecule has 4 aromatic heterocycles. The van der Waals surface area contributed by atoms with Crippen molar-refractivity contribution >= 4 is 55.3 Å². The van der Waals surface area contributed by atoms with Crippen molar-refractivity contribution in [3.8, 4) is 11.6 Å². The van der Waals surface area contributed by atoms with Gasteiger partial charge in [0, 0.05) is 30.0 Å². The summed E-state index contributed by atoms with van der Waals surface area (Å²) in [5.41, 5.74) is -4.09. The van der Waals surface area contributed by atoms with E-state index in [4.69, 9.17) is 16.3 Å². The number of nitrogens with zero attached hydrogens (tertiary/aromatic N) is 7. The fraction of sp³-hybridized carbons (Fsp3) is 0.400. The summed E-state index contributed by atoms with van der Waals surface area (Å²) in [5.74, 6) is -9.43. The van der Waals surface area contributed by atoms with Gasteiger partial charge in [0.05, 0.1) is 45.9 Å². The van der Waals surface area contributed by atoms with Crippen LogP contribution < -0.4 is 20.3 Å². The maximum absolute atomic E-state index is 15.5. The van der Waals surface area contributed by atoms with Gasteiger partial charge in [-0.3, -0.25) is 28.2 Å². The number of hydrogen-bond donors (Lipinski definition) is 2. The molecule has 2 aromatic carbocycles. The van der Waals surface area contributed by atoms with Crippen LogP contribution in [0, 0.1) is 23.5 Å². The summed E-state index contributed by atoms with van der Waals surface area (Å²) in [7, 11) is -4.12. The Morgan fingerprint density at radius 1 is 1.02 bits per heavy atom. The number of sulfonamides is 1. The second-order valence-corrected chi connectivity index (χ2v) is 18.2. The van der Waals surface area contributed by atoms with Gasteiger partial charge in [0.2, 0.25) is 21.8 Å². The van der Waals surface area contributed by atoms with E-state index in [1.165, 1.54) is 24.3 Å². The largest absolute Gasteiger partial charge is 0.478 e. The van der Waals surface area contributed by atoms with Gasteiger partial charge in [0.1, 0.15) is 41.9 Å². The fourth-order valence-electron chi connectivity index (χ4n) is 8.43. The van der Waals surface area contributed by atoms with Crippen molar-refractivity contribution < 1.29 is 53.1 Å². The Hall–Kier alpha value is -5.84. The van der Waals surface area contributed by atoms with Gasteiger partial charge < -0.3 is 10.1 Å². The monoisotopic (exact) mass is 939 g/mol. The van der Waals surface area contributed by atoms with Gasteiger partial charge in [0.15, 0.2) is 11.5 Å². The summed E-state index contributed by atoms with van der Waals surface area (Å²) in [5, 5.41) is 9.67. The van der Waals surface area contributed by atoms with E-state index in [9.17, 15) is 44.3 Å². The van der Waals surface area contributed by atoms with Crippen molar-refractivity contribution in [1.29, 1.82) is 0 Å². The zero-order valence-corrected chi connectivity index (χ0v) is 34.7. The van der Waals surface area contributed by atoms with Crippen molar-refractivity contribution in [3.05, 3.63) is 97.8 Å². The second-order valence-electron chi connectivity index (χ2n) is 16.1.